The van der Waals surface area contributed by atoms with E-state index >= 15 is 0 Å². The first-order chi connectivity index (χ1) is 10.8. The summed E-state index contributed by atoms with van der Waals surface area (Å²) in [4.78, 5) is 8.17. The minimum atomic E-state index is -0.0475. The van der Waals surface area contributed by atoms with E-state index in [1.807, 2.05) is 6.07 Å². The lowest BCUT2D eigenvalue weighted by Crippen LogP contribution is -2.24. The first kappa shape index (κ1) is 16.1. The fraction of sp³-hybridized carbons (Fsp3) is 0.467. The van der Waals surface area contributed by atoms with Crippen LogP contribution in [0.1, 0.15) is 31.9 Å². The molecular formula is C15H21N5O2. The fourth-order valence-electron chi connectivity index (χ4n) is 1.95. The Morgan fingerprint density at radius 1 is 1.41 bits per heavy atom. The van der Waals surface area contributed by atoms with Crippen molar-refractivity contribution in [2.24, 2.45) is 0 Å². The van der Waals surface area contributed by atoms with Gasteiger partial charge in [0.2, 0.25) is 0 Å². The van der Waals surface area contributed by atoms with Crippen LogP contribution in [-0.4, -0.2) is 37.9 Å². The zero-order valence-electron chi connectivity index (χ0n) is 12.6. The standard InChI is InChI=1S/C15H21N5O2/c1-2-3-5-12(9-21)19-15-14(8-16-11-17-15)22-10-13-6-4-7-18-20-13/h4,6-8,11-12,21H,2-3,5,9-10H2,1H3,(H,16,17,19). The molecule has 2 rings (SSSR count). The molecule has 7 nitrogen and oxygen atoms in total. The molecule has 22 heavy (non-hydrogen) atoms. The Labute approximate surface area is 129 Å². The van der Waals surface area contributed by atoms with E-state index in [2.05, 4.69) is 32.4 Å². The Balaban J connectivity index is 1.99. The molecule has 2 aromatic rings. The molecule has 0 fully saturated rings. The minimum absolute atomic E-state index is 0.0475. The third-order valence-corrected chi connectivity index (χ3v) is 3.15. The van der Waals surface area contributed by atoms with Gasteiger partial charge in [-0.3, -0.25) is 0 Å². The molecule has 7 heteroatoms. The van der Waals surface area contributed by atoms with Crippen LogP contribution in [0.5, 0.6) is 5.75 Å². The largest absolute Gasteiger partial charge is 0.482 e. The second kappa shape index (κ2) is 8.89. The smallest absolute Gasteiger partial charge is 0.180 e. The Hall–Kier alpha value is -2.28. The third kappa shape index (κ3) is 4.92. The molecule has 0 spiro atoms. The van der Waals surface area contributed by atoms with Gasteiger partial charge >= 0.3 is 0 Å². The van der Waals surface area contributed by atoms with Gasteiger partial charge in [-0.25, -0.2) is 9.97 Å². The lowest BCUT2D eigenvalue weighted by molar-refractivity contribution is 0.265. The number of hydrogen-bond acceptors (Lipinski definition) is 7. The molecule has 2 N–H and O–H groups in total. The lowest BCUT2D eigenvalue weighted by atomic mass is 10.1. The van der Waals surface area contributed by atoms with Crippen LogP contribution in [-0.2, 0) is 6.61 Å². The fourth-order valence-corrected chi connectivity index (χ4v) is 1.95. The van der Waals surface area contributed by atoms with Crippen molar-refractivity contribution in [1.82, 2.24) is 20.2 Å². The number of aromatic nitrogens is 4. The van der Waals surface area contributed by atoms with Crippen molar-refractivity contribution < 1.29 is 9.84 Å². The predicted molar refractivity (Wildman–Crippen MR) is 82.4 cm³/mol. The van der Waals surface area contributed by atoms with Crippen molar-refractivity contribution in [2.75, 3.05) is 11.9 Å². The summed E-state index contributed by atoms with van der Waals surface area (Å²) in [6.07, 6.45) is 7.66. The number of rotatable bonds is 9. The maximum absolute atomic E-state index is 9.45. The first-order valence-corrected chi connectivity index (χ1v) is 7.40. The molecule has 0 bridgehead atoms. The summed E-state index contributed by atoms with van der Waals surface area (Å²) in [5, 5.41) is 20.4. The van der Waals surface area contributed by atoms with E-state index in [4.69, 9.17) is 4.74 Å². The van der Waals surface area contributed by atoms with E-state index < -0.39 is 0 Å². The summed E-state index contributed by atoms with van der Waals surface area (Å²) < 4.78 is 5.70. The highest BCUT2D eigenvalue weighted by Crippen LogP contribution is 2.22. The Kier molecular flexibility index (Phi) is 6.50. The topological polar surface area (TPSA) is 93.0 Å². The van der Waals surface area contributed by atoms with Gasteiger partial charge in [0.1, 0.15) is 18.6 Å². The maximum Gasteiger partial charge on any atom is 0.180 e. The molecule has 0 aliphatic rings. The first-order valence-electron chi connectivity index (χ1n) is 7.40. The molecule has 0 radical (unpaired) electrons. The van der Waals surface area contributed by atoms with Crippen LogP contribution in [0, 0.1) is 0 Å². The highest BCUT2D eigenvalue weighted by atomic mass is 16.5. The number of unbranched alkanes of at least 4 members (excludes halogenated alkanes) is 1. The van der Waals surface area contributed by atoms with Gasteiger partial charge in [-0.05, 0) is 18.6 Å². The van der Waals surface area contributed by atoms with Crippen LogP contribution in [0.25, 0.3) is 0 Å². The Bertz CT molecular complexity index is 553. The van der Waals surface area contributed by atoms with Gasteiger partial charge in [0.15, 0.2) is 11.6 Å². The zero-order chi connectivity index (χ0) is 15.6. The summed E-state index contributed by atoms with van der Waals surface area (Å²) in [6.45, 7) is 2.46. The predicted octanol–water partition coefficient (Wildman–Crippen LogP) is 1.81. The number of aliphatic hydroxyl groups excluding tert-OH is 1. The quantitative estimate of drug-likeness (QED) is 0.729. The number of anilines is 1. The molecule has 0 aromatic carbocycles. The third-order valence-electron chi connectivity index (χ3n) is 3.15. The number of hydrogen-bond donors (Lipinski definition) is 2. The Morgan fingerprint density at radius 3 is 3.05 bits per heavy atom. The van der Waals surface area contributed by atoms with Gasteiger partial charge in [0.25, 0.3) is 0 Å². The van der Waals surface area contributed by atoms with Crippen LogP contribution < -0.4 is 10.1 Å². The van der Waals surface area contributed by atoms with Gasteiger partial charge in [0, 0.05) is 6.20 Å². The molecule has 1 unspecified atom stereocenters. The highest BCUT2D eigenvalue weighted by Gasteiger charge is 2.12. The van der Waals surface area contributed by atoms with Crippen molar-refractivity contribution in [3.05, 3.63) is 36.5 Å². The molecule has 0 aliphatic heterocycles. The molecule has 2 aromatic heterocycles. The normalized spacial score (nSPS) is 11.9. The second-order valence-electron chi connectivity index (χ2n) is 4.91. The van der Waals surface area contributed by atoms with Crippen LogP contribution in [0.3, 0.4) is 0 Å². The lowest BCUT2D eigenvalue weighted by Gasteiger charge is -2.18. The van der Waals surface area contributed by atoms with E-state index in [9.17, 15) is 5.11 Å². The molecule has 0 amide bonds. The van der Waals surface area contributed by atoms with Crippen molar-refractivity contribution in [3.8, 4) is 5.75 Å². The van der Waals surface area contributed by atoms with Crippen molar-refractivity contribution >= 4 is 5.82 Å². The number of nitrogens with zero attached hydrogens (tertiary/aromatic N) is 4. The van der Waals surface area contributed by atoms with Crippen LogP contribution in [0.15, 0.2) is 30.9 Å². The number of nitrogens with one attached hydrogen (secondary N) is 1. The number of ether oxygens (including phenoxy) is 1. The molecule has 1 atom stereocenters. The van der Waals surface area contributed by atoms with Gasteiger partial charge in [0.05, 0.1) is 18.8 Å². The van der Waals surface area contributed by atoms with Crippen molar-refractivity contribution in [3.63, 3.8) is 0 Å². The molecule has 2 heterocycles. The minimum Gasteiger partial charge on any atom is -0.482 e. The van der Waals surface area contributed by atoms with E-state index in [1.165, 1.54) is 6.33 Å². The summed E-state index contributed by atoms with van der Waals surface area (Å²) in [5.74, 6) is 1.11. The SMILES string of the molecule is CCCCC(CO)Nc1ncncc1OCc1cccnn1. The Morgan fingerprint density at radius 2 is 2.32 bits per heavy atom. The van der Waals surface area contributed by atoms with Gasteiger partial charge in [-0.15, -0.1) is 0 Å². The van der Waals surface area contributed by atoms with Crippen LogP contribution >= 0.6 is 0 Å². The molecule has 118 valence electrons. The second-order valence-corrected chi connectivity index (χ2v) is 4.91. The number of aliphatic hydroxyl groups is 1. The van der Waals surface area contributed by atoms with Crippen LogP contribution in [0.2, 0.25) is 0 Å². The molecule has 0 saturated heterocycles. The highest BCUT2D eigenvalue weighted by molar-refractivity contribution is 5.48. The van der Waals surface area contributed by atoms with Gasteiger partial charge < -0.3 is 15.2 Å². The van der Waals surface area contributed by atoms with E-state index in [-0.39, 0.29) is 19.3 Å². The van der Waals surface area contributed by atoms with Gasteiger partial charge in [-0.2, -0.15) is 10.2 Å². The van der Waals surface area contributed by atoms with Crippen molar-refractivity contribution in [2.45, 2.75) is 38.8 Å². The molecular weight excluding hydrogens is 282 g/mol. The zero-order valence-corrected chi connectivity index (χ0v) is 12.6. The van der Waals surface area contributed by atoms with E-state index in [0.717, 1.165) is 25.0 Å². The molecule has 0 aliphatic carbocycles. The summed E-state index contributed by atoms with van der Waals surface area (Å²) >= 11 is 0. The van der Waals surface area contributed by atoms with Crippen LogP contribution in [0.4, 0.5) is 5.82 Å². The van der Waals surface area contributed by atoms with Crippen molar-refractivity contribution in [1.29, 1.82) is 0 Å². The average molecular weight is 303 g/mol. The van der Waals surface area contributed by atoms with E-state index in [0.29, 0.717) is 11.6 Å². The summed E-state index contributed by atoms with van der Waals surface area (Å²) in [6, 6.07) is 3.59. The maximum atomic E-state index is 9.45. The van der Waals surface area contributed by atoms with E-state index in [1.54, 1.807) is 18.5 Å². The monoisotopic (exact) mass is 303 g/mol. The average Bonchev–Trinajstić information content (AvgIpc) is 2.58. The van der Waals surface area contributed by atoms with Gasteiger partial charge in [-0.1, -0.05) is 19.8 Å². The summed E-state index contributed by atoms with van der Waals surface area (Å²) in [7, 11) is 0. The molecule has 0 saturated carbocycles. The summed E-state index contributed by atoms with van der Waals surface area (Å²) in [5.41, 5.74) is 0.724.